The number of aliphatic hydroxyl groups is 1. The smallest absolute Gasteiger partial charge is 0.471 e. The molecule has 2 rings (SSSR count). The molecule has 0 aliphatic rings. The predicted octanol–water partition coefficient (Wildman–Crippen LogP) is 4.74. The van der Waals surface area contributed by atoms with Crippen molar-refractivity contribution < 1.29 is 23.1 Å². The number of carbonyl (C=O) groups is 1. The van der Waals surface area contributed by atoms with Crippen LogP contribution in [0.3, 0.4) is 0 Å². The van der Waals surface area contributed by atoms with E-state index in [-0.39, 0.29) is 18.0 Å². The number of rotatable bonds is 6. The Morgan fingerprint density at radius 3 is 2.54 bits per heavy atom. The number of benzene rings is 2. The largest absolute Gasteiger partial charge is 0.499 e. The van der Waals surface area contributed by atoms with Crippen LogP contribution in [-0.2, 0) is 11.2 Å². The summed E-state index contributed by atoms with van der Waals surface area (Å²) in [4.78, 5) is 11.0. The molecule has 0 saturated heterocycles. The lowest BCUT2D eigenvalue weighted by Gasteiger charge is -2.16. The first-order valence-electron chi connectivity index (χ1n) is 8.05. The van der Waals surface area contributed by atoms with E-state index in [2.05, 4.69) is 0 Å². The minimum Gasteiger partial charge on any atom is -0.499 e. The maximum Gasteiger partial charge on any atom is 0.471 e. The zero-order valence-corrected chi connectivity index (χ0v) is 14.9. The summed E-state index contributed by atoms with van der Waals surface area (Å²) in [6.45, 7) is 1.71. The molecule has 3 nitrogen and oxygen atoms in total. The molecule has 0 atom stereocenters. The van der Waals surface area contributed by atoms with Crippen LogP contribution in [0.25, 0.3) is 16.3 Å². The molecule has 0 fully saturated rings. The Morgan fingerprint density at radius 1 is 1.23 bits per heavy atom. The second-order valence-electron chi connectivity index (χ2n) is 5.65. The first kappa shape index (κ1) is 19.9. The molecule has 0 aromatic heterocycles. The van der Waals surface area contributed by atoms with Gasteiger partial charge in [0.1, 0.15) is 0 Å². The third-order valence-corrected chi connectivity index (χ3v) is 4.11. The first-order valence-corrected chi connectivity index (χ1v) is 8.46. The minimum absolute atomic E-state index is 0.169. The number of carbonyl (C=O) groups excluding carboxylic acids is 1. The van der Waals surface area contributed by atoms with Crippen LogP contribution in [-0.4, -0.2) is 28.8 Å². The highest BCUT2D eigenvalue weighted by Crippen LogP contribution is 2.29. The van der Waals surface area contributed by atoms with Gasteiger partial charge in [-0.05, 0) is 47.0 Å². The number of hydrogen-bond donors (Lipinski definition) is 2. The molecule has 0 radical (unpaired) electrons. The molecule has 0 bridgehead atoms. The van der Waals surface area contributed by atoms with Gasteiger partial charge in [-0.1, -0.05) is 49.4 Å². The first-order chi connectivity index (χ1) is 12.3. The summed E-state index contributed by atoms with van der Waals surface area (Å²) in [7, 11) is 0. The fourth-order valence-electron chi connectivity index (χ4n) is 2.78. The van der Waals surface area contributed by atoms with E-state index in [0.29, 0.717) is 17.6 Å². The SMILES string of the molecule is CCC=C(C(O)=S)c1ccc2ccccc2c1CCNC(=O)C(F)(F)F. The molecule has 0 heterocycles. The van der Waals surface area contributed by atoms with Crippen molar-refractivity contribution in [3.63, 3.8) is 0 Å². The molecule has 2 aromatic carbocycles. The van der Waals surface area contributed by atoms with E-state index >= 15 is 0 Å². The van der Waals surface area contributed by atoms with Gasteiger partial charge in [0, 0.05) is 12.1 Å². The van der Waals surface area contributed by atoms with Gasteiger partial charge in [-0.25, -0.2) is 0 Å². The van der Waals surface area contributed by atoms with Gasteiger partial charge in [0.05, 0.1) is 0 Å². The molecule has 7 heteroatoms. The number of allylic oxidation sites excluding steroid dienone is 1. The predicted molar refractivity (Wildman–Crippen MR) is 100 cm³/mol. The van der Waals surface area contributed by atoms with Crippen molar-refractivity contribution in [1.29, 1.82) is 0 Å². The van der Waals surface area contributed by atoms with E-state index in [0.717, 1.165) is 16.3 Å². The second-order valence-corrected chi connectivity index (χ2v) is 6.03. The normalized spacial score (nSPS) is 12.2. The lowest BCUT2D eigenvalue weighted by atomic mass is 9.92. The van der Waals surface area contributed by atoms with Gasteiger partial charge >= 0.3 is 12.1 Å². The summed E-state index contributed by atoms with van der Waals surface area (Å²) in [5.41, 5.74) is 1.84. The lowest BCUT2D eigenvalue weighted by molar-refractivity contribution is -0.173. The van der Waals surface area contributed by atoms with Gasteiger partial charge in [-0.3, -0.25) is 4.79 Å². The maximum absolute atomic E-state index is 12.4. The summed E-state index contributed by atoms with van der Waals surface area (Å²) in [6.07, 6.45) is -2.35. The zero-order chi connectivity index (χ0) is 19.3. The molecule has 1 amide bonds. The summed E-state index contributed by atoms with van der Waals surface area (Å²) < 4.78 is 37.1. The lowest BCUT2D eigenvalue weighted by Crippen LogP contribution is -2.37. The van der Waals surface area contributed by atoms with Gasteiger partial charge in [0.2, 0.25) is 0 Å². The molecular weight excluding hydrogens is 363 g/mol. The number of nitrogens with one attached hydrogen (secondary N) is 1. The number of thiocarbonyl (C=S) groups is 1. The Labute approximate surface area is 154 Å². The van der Waals surface area contributed by atoms with E-state index in [9.17, 15) is 23.1 Å². The van der Waals surface area contributed by atoms with Crippen molar-refractivity contribution in [1.82, 2.24) is 5.32 Å². The Morgan fingerprint density at radius 2 is 1.92 bits per heavy atom. The maximum atomic E-state index is 12.4. The highest BCUT2D eigenvalue weighted by Gasteiger charge is 2.38. The monoisotopic (exact) mass is 381 g/mol. The van der Waals surface area contributed by atoms with Gasteiger partial charge in [0.15, 0.2) is 5.05 Å². The number of fused-ring (bicyclic) bond motifs is 1. The molecule has 138 valence electrons. The molecule has 0 spiro atoms. The molecule has 2 N–H and O–H groups in total. The van der Waals surface area contributed by atoms with Crippen LogP contribution in [0.15, 0.2) is 42.5 Å². The van der Waals surface area contributed by atoms with Gasteiger partial charge < -0.3 is 10.4 Å². The van der Waals surface area contributed by atoms with Crippen LogP contribution in [0.1, 0.15) is 24.5 Å². The quantitative estimate of drug-likeness (QED) is 0.561. The number of amides is 1. The standard InChI is InChI=1S/C19H18F3NO2S/c1-2-5-16(17(24)26)14-9-8-12-6-3-4-7-13(12)15(14)10-11-23-18(25)19(20,21)22/h3-9H,2,10-11H2,1H3,(H,23,25)(H,24,26). The number of halogens is 3. The highest BCUT2D eigenvalue weighted by molar-refractivity contribution is 7.81. The van der Waals surface area contributed by atoms with Crippen LogP contribution < -0.4 is 5.32 Å². The Balaban J connectivity index is 2.44. The molecule has 2 aromatic rings. The highest BCUT2D eigenvalue weighted by atomic mass is 32.1. The van der Waals surface area contributed by atoms with E-state index < -0.39 is 12.1 Å². The minimum atomic E-state index is -4.92. The zero-order valence-electron chi connectivity index (χ0n) is 14.1. The average molecular weight is 381 g/mol. The summed E-state index contributed by atoms with van der Waals surface area (Å²) >= 11 is 4.92. The van der Waals surface area contributed by atoms with Gasteiger partial charge in [-0.15, -0.1) is 0 Å². The van der Waals surface area contributed by atoms with Crippen molar-refractivity contribution in [3.8, 4) is 0 Å². The molecule has 26 heavy (non-hydrogen) atoms. The topological polar surface area (TPSA) is 49.3 Å². The Hall–Kier alpha value is -2.41. The number of aliphatic hydroxyl groups excluding tert-OH is 1. The summed E-state index contributed by atoms with van der Waals surface area (Å²) in [5, 5.41) is 13.2. The van der Waals surface area contributed by atoms with E-state index in [1.54, 1.807) is 12.1 Å². The second kappa shape index (κ2) is 8.31. The molecular formula is C19H18F3NO2S. The summed E-state index contributed by atoms with van der Waals surface area (Å²) in [5.74, 6) is -1.97. The Bertz CT molecular complexity index is 859. The van der Waals surface area contributed by atoms with Crippen LogP contribution >= 0.6 is 12.2 Å². The molecule has 0 unspecified atom stereocenters. The van der Waals surface area contributed by atoms with Crippen molar-refractivity contribution >= 4 is 39.5 Å². The van der Waals surface area contributed by atoms with E-state index in [1.165, 1.54) is 0 Å². The van der Waals surface area contributed by atoms with Crippen LogP contribution in [0.2, 0.25) is 0 Å². The fourth-order valence-corrected chi connectivity index (χ4v) is 2.97. The van der Waals surface area contributed by atoms with Gasteiger partial charge in [-0.2, -0.15) is 13.2 Å². The van der Waals surface area contributed by atoms with Crippen molar-refractivity contribution in [3.05, 3.63) is 53.6 Å². The fraction of sp³-hybridized carbons (Fsp3) is 0.263. The Kier molecular flexibility index (Phi) is 6.37. The van der Waals surface area contributed by atoms with Crippen molar-refractivity contribution in [2.75, 3.05) is 6.54 Å². The van der Waals surface area contributed by atoms with E-state index in [1.807, 2.05) is 42.6 Å². The van der Waals surface area contributed by atoms with E-state index in [4.69, 9.17) is 12.2 Å². The van der Waals surface area contributed by atoms with Crippen molar-refractivity contribution in [2.24, 2.45) is 0 Å². The van der Waals surface area contributed by atoms with Crippen LogP contribution in [0.4, 0.5) is 13.2 Å². The molecule has 0 aliphatic carbocycles. The summed E-state index contributed by atoms with van der Waals surface area (Å²) in [6, 6.07) is 11.1. The third-order valence-electron chi connectivity index (χ3n) is 3.89. The number of hydrogen-bond acceptors (Lipinski definition) is 2. The molecule has 0 saturated carbocycles. The number of alkyl halides is 3. The van der Waals surface area contributed by atoms with Gasteiger partial charge in [0.25, 0.3) is 0 Å². The average Bonchev–Trinajstić information content (AvgIpc) is 2.58. The van der Waals surface area contributed by atoms with Crippen LogP contribution in [0.5, 0.6) is 0 Å². The molecule has 0 aliphatic heterocycles. The van der Waals surface area contributed by atoms with Crippen LogP contribution in [0, 0.1) is 0 Å². The van der Waals surface area contributed by atoms with Crippen molar-refractivity contribution in [2.45, 2.75) is 25.9 Å². The third kappa shape index (κ3) is 4.60.